The van der Waals surface area contributed by atoms with Crippen LogP contribution in [0.2, 0.25) is 0 Å². The highest BCUT2D eigenvalue weighted by atomic mass is 32.5. The third-order valence-electron chi connectivity index (χ3n) is 4.76. The monoisotopic (exact) mass is 310 g/mol. The molecule has 1 saturated carbocycles. The second-order valence-electron chi connectivity index (χ2n) is 6.15. The van der Waals surface area contributed by atoms with E-state index >= 15 is 0 Å². The largest absolute Gasteiger partial charge is 0.329 e. The van der Waals surface area contributed by atoms with Gasteiger partial charge in [0.25, 0.3) is 0 Å². The summed E-state index contributed by atoms with van der Waals surface area (Å²) < 4.78 is 11.5. The number of hydrogen-bond acceptors (Lipinski definition) is 3. The molecule has 1 aliphatic heterocycles. The minimum atomic E-state index is -1.90. The topological polar surface area (TPSA) is 18.5 Å². The molecule has 1 saturated heterocycles. The van der Waals surface area contributed by atoms with Crippen LogP contribution in [0.1, 0.15) is 37.2 Å². The van der Waals surface area contributed by atoms with Crippen LogP contribution in [0, 0.1) is 11.8 Å². The maximum Gasteiger partial charge on any atom is 0.185 e. The van der Waals surface area contributed by atoms with Crippen LogP contribution in [0.25, 0.3) is 0 Å². The maximum absolute atomic E-state index is 5.75. The number of rotatable bonds is 2. The van der Waals surface area contributed by atoms with E-state index in [0.29, 0.717) is 5.92 Å². The van der Waals surface area contributed by atoms with Gasteiger partial charge in [0.15, 0.2) is 6.49 Å². The Morgan fingerprint density at radius 2 is 1.55 bits per heavy atom. The summed E-state index contributed by atoms with van der Waals surface area (Å²) in [6.45, 7) is 1.66. The highest BCUT2D eigenvalue weighted by Gasteiger charge is 2.33. The average Bonchev–Trinajstić information content (AvgIpc) is 2.48. The lowest BCUT2D eigenvalue weighted by atomic mass is 9.74. The van der Waals surface area contributed by atoms with Crippen molar-refractivity contribution >= 4 is 18.3 Å². The van der Waals surface area contributed by atoms with E-state index in [2.05, 4.69) is 30.3 Å². The van der Waals surface area contributed by atoms with Gasteiger partial charge in [-0.15, -0.1) is 0 Å². The SMILES string of the molecule is CP1(=S)OCC(C2CCC(c3ccccc3)CC2)CO1. The fourth-order valence-corrected chi connectivity index (χ4v) is 4.83. The van der Waals surface area contributed by atoms with E-state index in [1.165, 1.54) is 31.2 Å². The molecule has 2 nitrogen and oxygen atoms in total. The third-order valence-corrected chi connectivity index (χ3v) is 6.62. The molecule has 0 amide bonds. The summed E-state index contributed by atoms with van der Waals surface area (Å²) in [6, 6.07) is 10.9. The molecule has 0 N–H and O–H groups in total. The van der Waals surface area contributed by atoms with Crippen molar-refractivity contribution in [3.05, 3.63) is 35.9 Å². The summed E-state index contributed by atoms with van der Waals surface area (Å²) in [4.78, 5) is 0. The van der Waals surface area contributed by atoms with Gasteiger partial charge in [0.05, 0.1) is 13.2 Å². The van der Waals surface area contributed by atoms with E-state index in [4.69, 9.17) is 20.9 Å². The zero-order valence-corrected chi connectivity index (χ0v) is 13.7. The van der Waals surface area contributed by atoms with Gasteiger partial charge < -0.3 is 9.05 Å². The van der Waals surface area contributed by atoms with Crippen LogP contribution in [-0.2, 0) is 20.9 Å². The average molecular weight is 310 g/mol. The molecule has 4 heteroatoms. The Balaban J connectivity index is 1.53. The lowest BCUT2D eigenvalue weighted by Gasteiger charge is -2.38. The van der Waals surface area contributed by atoms with Gasteiger partial charge in [-0.3, -0.25) is 0 Å². The molecule has 0 unspecified atom stereocenters. The molecule has 110 valence electrons. The second-order valence-corrected chi connectivity index (χ2v) is 10.2. The smallest absolute Gasteiger partial charge is 0.185 e. The molecular weight excluding hydrogens is 287 g/mol. The molecule has 0 aromatic heterocycles. The van der Waals surface area contributed by atoms with Crippen molar-refractivity contribution in [2.75, 3.05) is 19.9 Å². The van der Waals surface area contributed by atoms with E-state index in [1.54, 1.807) is 0 Å². The summed E-state index contributed by atoms with van der Waals surface area (Å²) in [5.74, 6) is 2.06. The Labute approximate surface area is 127 Å². The van der Waals surface area contributed by atoms with Crippen LogP contribution in [-0.4, -0.2) is 19.9 Å². The number of hydrogen-bond donors (Lipinski definition) is 0. The maximum atomic E-state index is 5.75. The highest BCUT2D eigenvalue weighted by molar-refractivity contribution is 8.09. The molecule has 1 aliphatic carbocycles. The molecule has 0 bridgehead atoms. The van der Waals surface area contributed by atoms with Gasteiger partial charge in [0.2, 0.25) is 0 Å². The van der Waals surface area contributed by atoms with Gasteiger partial charge in [0, 0.05) is 12.6 Å². The predicted octanol–water partition coefficient (Wildman–Crippen LogP) is 4.56. The molecule has 0 spiro atoms. The van der Waals surface area contributed by atoms with Gasteiger partial charge in [-0.2, -0.15) is 0 Å². The van der Waals surface area contributed by atoms with E-state index in [-0.39, 0.29) is 0 Å². The summed E-state index contributed by atoms with van der Waals surface area (Å²) in [7, 11) is 0. The van der Waals surface area contributed by atoms with E-state index in [9.17, 15) is 0 Å². The fraction of sp³-hybridized carbons (Fsp3) is 0.625. The molecule has 3 rings (SSSR count). The summed E-state index contributed by atoms with van der Waals surface area (Å²) in [6.07, 6.45) is 5.18. The molecule has 0 radical (unpaired) electrons. The van der Waals surface area contributed by atoms with Crippen LogP contribution in [0.4, 0.5) is 0 Å². The van der Waals surface area contributed by atoms with Crippen LogP contribution >= 0.6 is 6.49 Å². The van der Waals surface area contributed by atoms with Crippen molar-refractivity contribution in [2.45, 2.75) is 31.6 Å². The molecule has 1 aromatic rings. The van der Waals surface area contributed by atoms with Crippen LogP contribution in [0.15, 0.2) is 30.3 Å². The van der Waals surface area contributed by atoms with Crippen LogP contribution < -0.4 is 0 Å². The molecule has 1 heterocycles. The van der Waals surface area contributed by atoms with Gasteiger partial charge in [-0.05, 0) is 54.9 Å². The Morgan fingerprint density at radius 3 is 2.15 bits per heavy atom. The second kappa shape index (κ2) is 6.27. The molecular formula is C16H23O2PS. The zero-order chi connectivity index (χ0) is 14.0. The summed E-state index contributed by atoms with van der Waals surface area (Å²) in [5, 5.41) is 0. The quantitative estimate of drug-likeness (QED) is 0.746. The van der Waals surface area contributed by atoms with Crippen molar-refractivity contribution in [3.63, 3.8) is 0 Å². The Bertz CT molecular complexity index is 471. The molecule has 2 fully saturated rings. The Kier molecular flexibility index (Phi) is 4.62. The van der Waals surface area contributed by atoms with Crippen LogP contribution in [0.5, 0.6) is 0 Å². The minimum Gasteiger partial charge on any atom is -0.329 e. The lowest BCUT2D eigenvalue weighted by Crippen LogP contribution is -2.30. The molecule has 0 atom stereocenters. The number of benzene rings is 1. The highest BCUT2D eigenvalue weighted by Crippen LogP contribution is 2.50. The molecule has 2 aliphatic rings. The first kappa shape index (κ1) is 14.7. The first-order chi connectivity index (χ1) is 9.64. The first-order valence-corrected chi connectivity index (χ1v) is 10.6. The first-order valence-electron chi connectivity index (χ1n) is 7.55. The predicted molar refractivity (Wildman–Crippen MR) is 86.7 cm³/mol. The summed E-state index contributed by atoms with van der Waals surface area (Å²) >= 11 is 5.30. The van der Waals surface area contributed by atoms with E-state index in [0.717, 1.165) is 25.0 Å². The van der Waals surface area contributed by atoms with Crippen molar-refractivity contribution in [1.82, 2.24) is 0 Å². The molecule has 20 heavy (non-hydrogen) atoms. The van der Waals surface area contributed by atoms with Crippen LogP contribution in [0.3, 0.4) is 0 Å². The van der Waals surface area contributed by atoms with Crippen molar-refractivity contribution in [2.24, 2.45) is 11.8 Å². The van der Waals surface area contributed by atoms with Crippen molar-refractivity contribution in [1.29, 1.82) is 0 Å². The third kappa shape index (κ3) is 3.51. The Morgan fingerprint density at radius 1 is 0.950 bits per heavy atom. The standard InChI is InChI=1S/C16H23O2PS/c1-19(20)17-11-16(12-18-19)15-9-7-14(8-10-15)13-5-3-2-4-6-13/h2-6,14-16H,7-12H2,1H3. The Hall–Kier alpha value is -0.210. The van der Waals surface area contributed by atoms with Crippen molar-refractivity contribution in [3.8, 4) is 0 Å². The lowest BCUT2D eigenvalue weighted by molar-refractivity contribution is 0.0658. The summed E-state index contributed by atoms with van der Waals surface area (Å²) in [5.41, 5.74) is 1.51. The van der Waals surface area contributed by atoms with E-state index < -0.39 is 6.49 Å². The van der Waals surface area contributed by atoms with Gasteiger partial charge in [0.1, 0.15) is 0 Å². The van der Waals surface area contributed by atoms with Gasteiger partial charge in [-0.1, -0.05) is 30.3 Å². The zero-order valence-electron chi connectivity index (χ0n) is 12.0. The van der Waals surface area contributed by atoms with Gasteiger partial charge >= 0.3 is 0 Å². The fourth-order valence-electron chi connectivity index (χ4n) is 3.47. The minimum absolute atomic E-state index is 0.558. The van der Waals surface area contributed by atoms with Gasteiger partial charge in [-0.25, -0.2) is 0 Å². The normalized spacial score (nSPS) is 38.5. The van der Waals surface area contributed by atoms with Crippen molar-refractivity contribution < 1.29 is 9.05 Å². The molecule has 1 aromatic carbocycles. The van der Waals surface area contributed by atoms with E-state index in [1.807, 2.05) is 6.66 Å².